The van der Waals surface area contributed by atoms with Crippen LogP contribution >= 0.6 is 0 Å². The van der Waals surface area contributed by atoms with Crippen LogP contribution in [0.1, 0.15) is 34.0 Å². The van der Waals surface area contributed by atoms with Gasteiger partial charge in [0, 0.05) is 11.1 Å². The molecule has 0 unspecified atom stereocenters. The average molecular weight is 282 g/mol. The molecule has 4 heteroatoms. The molecule has 2 N–H and O–H groups in total. The van der Waals surface area contributed by atoms with Crippen LogP contribution in [-0.2, 0) is 0 Å². The second-order valence-electron chi connectivity index (χ2n) is 4.99. The SMILES string of the molecule is CC(=NNC(=O)c1ccc(C)c(C)c1)c1cccc(O)c1. The molecule has 4 nitrogen and oxygen atoms in total. The Hall–Kier alpha value is -2.62. The molecule has 0 heterocycles. The predicted molar refractivity (Wildman–Crippen MR) is 83.7 cm³/mol. The molecule has 1 amide bonds. The summed E-state index contributed by atoms with van der Waals surface area (Å²) < 4.78 is 0. The highest BCUT2D eigenvalue weighted by atomic mass is 16.3. The number of hydrogen-bond donors (Lipinski definition) is 2. The van der Waals surface area contributed by atoms with Crippen molar-refractivity contribution in [3.63, 3.8) is 0 Å². The Labute approximate surface area is 124 Å². The molecule has 0 fully saturated rings. The number of hydrazone groups is 1. The standard InChI is InChI=1S/C17H18N2O2/c1-11-7-8-15(9-12(11)2)17(21)19-18-13(3)14-5-4-6-16(20)10-14/h4-10,20H,1-3H3,(H,19,21). The molecule has 2 rings (SSSR count). The van der Waals surface area contributed by atoms with E-state index in [0.717, 1.165) is 16.7 Å². The minimum atomic E-state index is -0.252. The smallest absolute Gasteiger partial charge is 0.271 e. The molecule has 0 aliphatic rings. The summed E-state index contributed by atoms with van der Waals surface area (Å²) in [4.78, 5) is 12.0. The van der Waals surface area contributed by atoms with Gasteiger partial charge in [0.1, 0.15) is 5.75 Å². The van der Waals surface area contributed by atoms with Crippen molar-refractivity contribution in [3.05, 3.63) is 64.7 Å². The van der Waals surface area contributed by atoms with Gasteiger partial charge in [0.05, 0.1) is 5.71 Å². The number of rotatable bonds is 3. The maximum Gasteiger partial charge on any atom is 0.271 e. The molecular weight excluding hydrogens is 264 g/mol. The predicted octanol–water partition coefficient (Wildman–Crippen LogP) is 3.16. The van der Waals surface area contributed by atoms with Gasteiger partial charge in [-0.1, -0.05) is 18.2 Å². The Bertz CT molecular complexity index is 706. The van der Waals surface area contributed by atoms with Gasteiger partial charge in [-0.3, -0.25) is 4.79 Å². The fraction of sp³-hybridized carbons (Fsp3) is 0.176. The van der Waals surface area contributed by atoms with Gasteiger partial charge in [-0.2, -0.15) is 5.10 Å². The number of phenols is 1. The van der Waals surface area contributed by atoms with Gasteiger partial charge in [-0.25, -0.2) is 5.43 Å². The summed E-state index contributed by atoms with van der Waals surface area (Å²) in [6.45, 7) is 5.74. The van der Waals surface area contributed by atoms with Crippen molar-refractivity contribution in [1.82, 2.24) is 5.43 Å². The Morgan fingerprint density at radius 3 is 2.48 bits per heavy atom. The van der Waals surface area contributed by atoms with Crippen LogP contribution < -0.4 is 5.43 Å². The number of carbonyl (C=O) groups is 1. The molecule has 0 saturated heterocycles. The van der Waals surface area contributed by atoms with E-state index in [4.69, 9.17) is 0 Å². The number of amides is 1. The summed E-state index contributed by atoms with van der Waals surface area (Å²) in [5, 5.41) is 13.5. The highest BCUT2D eigenvalue weighted by Crippen LogP contribution is 2.12. The zero-order chi connectivity index (χ0) is 15.4. The third-order valence-corrected chi connectivity index (χ3v) is 3.36. The van der Waals surface area contributed by atoms with Crippen molar-refractivity contribution in [3.8, 4) is 5.75 Å². The molecule has 0 aliphatic carbocycles. The lowest BCUT2D eigenvalue weighted by Gasteiger charge is -2.05. The number of aryl methyl sites for hydroxylation is 2. The van der Waals surface area contributed by atoms with Crippen LogP contribution in [0.25, 0.3) is 0 Å². The van der Waals surface area contributed by atoms with Crippen molar-refractivity contribution in [2.24, 2.45) is 5.10 Å². The van der Waals surface area contributed by atoms with Crippen LogP contribution in [0.2, 0.25) is 0 Å². The number of carbonyl (C=O) groups excluding carboxylic acids is 1. The van der Waals surface area contributed by atoms with Crippen molar-refractivity contribution in [2.45, 2.75) is 20.8 Å². The number of aromatic hydroxyl groups is 1. The van der Waals surface area contributed by atoms with Crippen molar-refractivity contribution in [1.29, 1.82) is 0 Å². The summed E-state index contributed by atoms with van der Waals surface area (Å²) in [7, 11) is 0. The van der Waals surface area contributed by atoms with Gasteiger partial charge in [-0.05, 0) is 56.2 Å². The van der Waals surface area contributed by atoms with Gasteiger partial charge in [0.25, 0.3) is 5.91 Å². The quantitative estimate of drug-likeness (QED) is 0.671. The van der Waals surface area contributed by atoms with E-state index in [0.29, 0.717) is 11.3 Å². The minimum absolute atomic E-state index is 0.169. The van der Waals surface area contributed by atoms with E-state index in [1.54, 1.807) is 31.2 Å². The molecule has 108 valence electrons. The Morgan fingerprint density at radius 2 is 1.81 bits per heavy atom. The molecule has 0 saturated carbocycles. The molecule has 0 atom stereocenters. The lowest BCUT2D eigenvalue weighted by molar-refractivity contribution is 0.0954. The maximum atomic E-state index is 12.0. The van der Waals surface area contributed by atoms with Crippen LogP contribution in [0.15, 0.2) is 47.6 Å². The highest BCUT2D eigenvalue weighted by molar-refractivity contribution is 6.01. The Balaban J connectivity index is 2.12. The molecule has 0 spiro atoms. The summed E-state index contributed by atoms with van der Waals surface area (Å²) >= 11 is 0. The zero-order valence-corrected chi connectivity index (χ0v) is 12.3. The topological polar surface area (TPSA) is 61.7 Å². The van der Waals surface area contributed by atoms with Crippen LogP contribution in [0.5, 0.6) is 5.75 Å². The van der Waals surface area contributed by atoms with Gasteiger partial charge < -0.3 is 5.11 Å². The first-order valence-electron chi connectivity index (χ1n) is 6.68. The summed E-state index contributed by atoms with van der Waals surface area (Å²) in [5.74, 6) is -0.0832. The van der Waals surface area contributed by atoms with E-state index in [1.165, 1.54) is 0 Å². The van der Waals surface area contributed by atoms with E-state index in [1.807, 2.05) is 32.0 Å². The van der Waals surface area contributed by atoms with Gasteiger partial charge in [0.2, 0.25) is 0 Å². The molecule has 0 aliphatic heterocycles. The number of benzene rings is 2. The van der Waals surface area contributed by atoms with Crippen molar-refractivity contribution < 1.29 is 9.90 Å². The van der Waals surface area contributed by atoms with Crippen LogP contribution in [0.4, 0.5) is 0 Å². The Kier molecular flexibility index (Phi) is 4.38. The van der Waals surface area contributed by atoms with Crippen LogP contribution in [0.3, 0.4) is 0 Å². The molecule has 2 aromatic rings. The molecule has 21 heavy (non-hydrogen) atoms. The van der Waals surface area contributed by atoms with Gasteiger partial charge >= 0.3 is 0 Å². The normalized spacial score (nSPS) is 11.3. The first-order chi connectivity index (χ1) is 9.97. The number of nitrogens with zero attached hydrogens (tertiary/aromatic N) is 1. The third-order valence-electron chi connectivity index (χ3n) is 3.36. The molecule has 0 radical (unpaired) electrons. The van der Waals surface area contributed by atoms with Gasteiger partial charge in [0.15, 0.2) is 0 Å². The largest absolute Gasteiger partial charge is 0.508 e. The molecule has 0 bridgehead atoms. The van der Waals surface area contributed by atoms with Gasteiger partial charge in [-0.15, -0.1) is 0 Å². The molecular formula is C17H18N2O2. The number of phenolic OH excluding ortho intramolecular Hbond substituents is 1. The van der Waals surface area contributed by atoms with E-state index in [2.05, 4.69) is 10.5 Å². The van der Waals surface area contributed by atoms with Crippen LogP contribution in [0, 0.1) is 13.8 Å². The second kappa shape index (κ2) is 6.22. The summed E-state index contributed by atoms with van der Waals surface area (Å²) in [6, 6.07) is 12.3. The number of hydrogen-bond acceptors (Lipinski definition) is 3. The average Bonchev–Trinajstić information content (AvgIpc) is 2.47. The maximum absolute atomic E-state index is 12.0. The fourth-order valence-corrected chi connectivity index (χ4v) is 1.88. The second-order valence-corrected chi connectivity index (χ2v) is 4.99. The van der Waals surface area contributed by atoms with E-state index < -0.39 is 0 Å². The van der Waals surface area contributed by atoms with E-state index in [9.17, 15) is 9.90 Å². The van der Waals surface area contributed by atoms with Crippen LogP contribution in [-0.4, -0.2) is 16.7 Å². The summed E-state index contributed by atoms with van der Waals surface area (Å²) in [6.07, 6.45) is 0. The Morgan fingerprint density at radius 1 is 1.05 bits per heavy atom. The zero-order valence-electron chi connectivity index (χ0n) is 12.3. The van der Waals surface area contributed by atoms with E-state index >= 15 is 0 Å². The lowest BCUT2D eigenvalue weighted by atomic mass is 10.1. The minimum Gasteiger partial charge on any atom is -0.508 e. The fourth-order valence-electron chi connectivity index (χ4n) is 1.88. The molecule has 2 aromatic carbocycles. The third kappa shape index (κ3) is 3.69. The lowest BCUT2D eigenvalue weighted by Crippen LogP contribution is -2.19. The summed E-state index contributed by atoms with van der Waals surface area (Å²) in [5.41, 5.74) is 6.70. The molecule has 0 aromatic heterocycles. The van der Waals surface area contributed by atoms with Crippen molar-refractivity contribution in [2.75, 3.05) is 0 Å². The number of nitrogens with one attached hydrogen (secondary N) is 1. The van der Waals surface area contributed by atoms with E-state index in [-0.39, 0.29) is 11.7 Å². The monoisotopic (exact) mass is 282 g/mol. The first-order valence-corrected chi connectivity index (χ1v) is 6.68. The van der Waals surface area contributed by atoms with Crippen molar-refractivity contribution >= 4 is 11.6 Å². The highest BCUT2D eigenvalue weighted by Gasteiger charge is 2.06. The first kappa shape index (κ1) is 14.8.